The number of nitrogens with zero attached hydrogens (tertiary/aromatic N) is 2. The zero-order valence-electron chi connectivity index (χ0n) is 19.0. The molecule has 3 rings (SSSR count). The molecule has 1 spiro atoms. The van der Waals surface area contributed by atoms with Gasteiger partial charge in [0.05, 0.1) is 29.5 Å². The van der Waals surface area contributed by atoms with Crippen LogP contribution in [0.25, 0.3) is 0 Å². The first-order valence-electron chi connectivity index (χ1n) is 11.5. The monoisotopic (exact) mass is 419 g/mol. The fourth-order valence-electron chi connectivity index (χ4n) is 4.64. The summed E-state index contributed by atoms with van der Waals surface area (Å²) in [6, 6.07) is 0. The Kier molecular flexibility index (Phi) is 7.55. The van der Waals surface area contributed by atoms with Gasteiger partial charge >= 0.3 is 5.97 Å². The second-order valence-electron chi connectivity index (χ2n) is 9.02. The van der Waals surface area contributed by atoms with Crippen LogP contribution in [0.1, 0.15) is 75.1 Å². The Hall–Kier alpha value is -1.89. The van der Waals surface area contributed by atoms with Gasteiger partial charge in [0.25, 0.3) is 5.91 Å². The number of amides is 1. The van der Waals surface area contributed by atoms with E-state index in [-0.39, 0.29) is 29.1 Å². The van der Waals surface area contributed by atoms with Crippen LogP contribution in [0.15, 0.2) is 0 Å². The quantitative estimate of drug-likeness (QED) is 0.655. The summed E-state index contributed by atoms with van der Waals surface area (Å²) in [5, 5.41) is 7.95. The second kappa shape index (κ2) is 9.94. The number of ether oxygens (including phenoxy) is 2. The Labute approximate surface area is 179 Å². The standard InChI is InChI=1S/C23H37N3O4/c1-5-17(6-2)22(28)30-14-16(4)13-26-19-12-23(8-10-29-11-9-23)15-24-21(27)20(19)18(7-3)25-26/h16-17H,5-15H2,1-4H3,(H,24,27)/t16-/m1/s1. The molecule has 30 heavy (non-hydrogen) atoms. The number of aromatic nitrogens is 2. The van der Waals surface area contributed by atoms with Crippen LogP contribution >= 0.6 is 0 Å². The summed E-state index contributed by atoms with van der Waals surface area (Å²) in [7, 11) is 0. The molecular weight excluding hydrogens is 382 g/mol. The predicted molar refractivity (Wildman–Crippen MR) is 114 cm³/mol. The number of hydrogen-bond donors (Lipinski definition) is 1. The molecule has 7 heteroatoms. The molecule has 1 aromatic rings. The van der Waals surface area contributed by atoms with Crippen molar-refractivity contribution in [3.05, 3.63) is 17.0 Å². The molecule has 1 amide bonds. The van der Waals surface area contributed by atoms with Gasteiger partial charge in [-0.3, -0.25) is 14.3 Å². The molecule has 2 aliphatic heterocycles. The van der Waals surface area contributed by atoms with Crippen molar-refractivity contribution in [2.75, 3.05) is 26.4 Å². The van der Waals surface area contributed by atoms with Gasteiger partial charge in [0, 0.05) is 32.2 Å². The number of esters is 1. The molecule has 7 nitrogen and oxygen atoms in total. The van der Waals surface area contributed by atoms with E-state index < -0.39 is 0 Å². The molecule has 3 heterocycles. The number of nitrogens with one attached hydrogen (secondary N) is 1. The average Bonchev–Trinajstić information content (AvgIpc) is 3.01. The lowest BCUT2D eigenvalue weighted by molar-refractivity contribution is -0.150. The molecule has 1 aromatic heterocycles. The number of carbonyl (C=O) groups is 2. The third-order valence-corrected chi connectivity index (χ3v) is 6.73. The van der Waals surface area contributed by atoms with Crippen LogP contribution in [-0.4, -0.2) is 48.0 Å². The average molecular weight is 420 g/mol. The highest BCUT2D eigenvalue weighted by atomic mass is 16.5. The van der Waals surface area contributed by atoms with Gasteiger partial charge in [-0.25, -0.2) is 0 Å². The van der Waals surface area contributed by atoms with Crippen molar-refractivity contribution in [1.29, 1.82) is 0 Å². The lowest BCUT2D eigenvalue weighted by Gasteiger charge is -2.36. The predicted octanol–water partition coefficient (Wildman–Crippen LogP) is 3.14. The van der Waals surface area contributed by atoms with Gasteiger partial charge in [0.2, 0.25) is 0 Å². The summed E-state index contributed by atoms with van der Waals surface area (Å²) in [5.41, 5.74) is 2.67. The fraction of sp³-hybridized carbons (Fsp3) is 0.783. The number of fused-ring (bicyclic) bond motifs is 1. The summed E-state index contributed by atoms with van der Waals surface area (Å²) in [5.74, 6) is -0.0267. The van der Waals surface area contributed by atoms with Crippen LogP contribution < -0.4 is 5.32 Å². The van der Waals surface area contributed by atoms with Crippen LogP contribution in [0.3, 0.4) is 0 Å². The minimum atomic E-state index is -0.110. The van der Waals surface area contributed by atoms with Crippen LogP contribution in [0.4, 0.5) is 0 Å². The minimum Gasteiger partial charge on any atom is -0.465 e. The molecule has 168 valence electrons. The van der Waals surface area contributed by atoms with Crippen LogP contribution in [0.2, 0.25) is 0 Å². The smallest absolute Gasteiger partial charge is 0.308 e. The van der Waals surface area contributed by atoms with Gasteiger partial charge in [-0.1, -0.05) is 27.7 Å². The lowest BCUT2D eigenvalue weighted by atomic mass is 9.76. The number of rotatable bonds is 8. The zero-order chi connectivity index (χ0) is 21.7. The first-order chi connectivity index (χ1) is 14.4. The molecule has 0 saturated carbocycles. The van der Waals surface area contributed by atoms with E-state index in [1.54, 1.807) is 0 Å². The largest absolute Gasteiger partial charge is 0.465 e. The van der Waals surface area contributed by atoms with Crippen LogP contribution in [0.5, 0.6) is 0 Å². The topological polar surface area (TPSA) is 82.5 Å². The Morgan fingerprint density at radius 2 is 1.97 bits per heavy atom. The number of aryl methyl sites for hydroxylation is 1. The summed E-state index contributed by atoms with van der Waals surface area (Å²) in [6.45, 7) is 11.3. The summed E-state index contributed by atoms with van der Waals surface area (Å²) in [4.78, 5) is 25.1. The highest BCUT2D eigenvalue weighted by Crippen LogP contribution is 2.37. The van der Waals surface area contributed by atoms with Crippen molar-refractivity contribution in [3.8, 4) is 0 Å². The van der Waals surface area contributed by atoms with E-state index in [9.17, 15) is 9.59 Å². The van der Waals surface area contributed by atoms with Crippen molar-refractivity contribution in [1.82, 2.24) is 15.1 Å². The van der Waals surface area contributed by atoms with Crippen LogP contribution in [-0.2, 0) is 33.7 Å². The van der Waals surface area contributed by atoms with Crippen molar-refractivity contribution in [2.24, 2.45) is 17.3 Å². The maximum absolute atomic E-state index is 12.9. The first kappa shape index (κ1) is 22.8. The normalized spacial score (nSPS) is 19.3. The third-order valence-electron chi connectivity index (χ3n) is 6.73. The number of hydrogen-bond acceptors (Lipinski definition) is 5. The maximum atomic E-state index is 12.9. The van der Waals surface area contributed by atoms with E-state index in [0.29, 0.717) is 19.7 Å². The van der Waals surface area contributed by atoms with Crippen molar-refractivity contribution >= 4 is 11.9 Å². The van der Waals surface area contributed by atoms with Crippen LogP contribution in [0, 0.1) is 17.3 Å². The van der Waals surface area contributed by atoms with Gasteiger partial charge in [0.15, 0.2) is 0 Å². The third kappa shape index (κ3) is 4.88. The Morgan fingerprint density at radius 3 is 2.60 bits per heavy atom. The van der Waals surface area contributed by atoms with Crippen molar-refractivity contribution in [2.45, 2.75) is 72.8 Å². The lowest BCUT2D eigenvalue weighted by Crippen LogP contribution is -2.41. The van der Waals surface area contributed by atoms with E-state index in [0.717, 1.165) is 68.7 Å². The summed E-state index contributed by atoms with van der Waals surface area (Å²) < 4.78 is 13.2. The first-order valence-corrected chi connectivity index (χ1v) is 11.5. The maximum Gasteiger partial charge on any atom is 0.308 e. The Morgan fingerprint density at radius 1 is 1.27 bits per heavy atom. The van der Waals surface area contributed by atoms with E-state index >= 15 is 0 Å². The SMILES string of the molecule is CCc1nn(C[C@@H](C)COC(=O)C(CC)CC)c2c1C(=O)NCC1(CCOCC1)C2. The highest BCUT2D eigenvalue weighted by molar-refractivity contribution is 5.97. The second-order valence-corrected chi connectivity index (χ2v) is 9.02. The van der Waals surface area contributed by atoms with Gasteiger partial charge in [-0.2, -0.15) is 5.10 Å². The molecule has 2 aliphatic rings. The molecule has 0 unspecified atom stereocenters. The Balaban J connectivity index is 1.77. The highest BCUT2D eigenvalue weighted by Gasteiger charge is 2.39. The van der Waals surface area contributed by atoms with Gasteiger partial charge in [-0.05, 0) is 43.9 Å². The van der Waals surface area contributed by atoms with Crippen molar-refractivity contribution < 1.29 is 19.1 Å². The number of carbonyl (C=O) groups excluding carboxylic acids is 2. The van der Waals surface area contributed by atoms with E-state index in [1.807, 2.05) is 25.5 Å². The zero-order valence-corrected chi connectivity index (χ0v) is 19.0. The molecule has 0 aliphatic carbocycles. The Bertz CT molecular complexity index is 748. The van der Waals surface area contributed by atoms with E-state index in [4.69, 9.17) is 14.6 Å². The van der Waals surface area contributed by atoms with E-state index in [2.05, 4.69) is 12.2 Å². The molecule has 1 N–H and O–H groups in total. The molecule has 0 radical (unpaired) electrons. The molecule has 1 fully saturated rings. The van der Waals surface area contributed by atoms with Gasteiger partial charge in [-0.15, -0.1) is 0 Å². The molecule has 0 bridgehead atoms. The summed E-state index contributed by atoms with van der Waals surface area (Å²) >= 11 is 0. The fourth-order valence-corrected chi connectivity index (χ4v) is 4.64. The molecule has 1 saturated heterocycles. The van der Waals surface area contributed by atoms with Crippen molar-refractivity contribution in [3.63, 3.8) is 0 Å². The van der Waals surface area contributed by atoms with E-state index in [1.165, 1.54) is 0 Å². The minimum absolute atomic E-state index is 0.00992. The summed E-state index contributed by atoms with van der Waals surface area (Å²) in [6.07, 6.45) is 5.05. The molecular formula is C23H37N3O4. The molecule has 0 aromatic carbocycles. The van der Waals surface area contributed by atoms with Gasteiger partial charge in [0.1, 0.15) is 0 Å². The van der Waals surface area contributed by atoms with Gasteiger partial charge < -0.3 is 14.8 Å². The molecule has 1 atom stereocenters.